The first-order chi connectivity index (χ1) is 19.9. The summed E-state index contributed by atoms with van der Waals surface area (Å²) in [5, 5.41) is 22.3. The van der Waals surface area contributed by atoms with E-state index in [4.69, 9.17) is 5.10 Å². The number of rotatable bonds is 5. The molecule has 4 N–H and O–H groups in total. The first kappa shape index (κ1) is 27.4. The molecule has 10 nitrogen and oxygen atoms in total. The fourth-order valence-corrected chi connectivity index (χ4v) is 6.23. The van der Waals surface area contributed by atoms with Gasteiger partial charge in [0.25, 0.3) is 0 Å². The molecule has 0 bridgehead atoms. The van der Waals surface area contributed by atoms with Gasteiger partial charge in [-0.2, -0.15) is 5.10 Å². The lowest BCUT2D eigenvalue weighted by Crippen LogP contribution is -2.27. The number of nitrogens with zero attached hydrogens (tertiary/aromatic N) is 3. The largest absolute Gasteiger partial charge is 0.494 e. The maximum atomic E-state index is 13.1. The van der Waals surface area contributed by atoms with Gasteiger partial charge in [0.1, 0.15) is 5.82 Å². The van der Waals surface area contributed by atoms with Crippen molar-refractivity contribution in [2.75, 3.05) is 27.7 Å². The lowest BCUT2D eigenvalue weighted by Gasteiger charge is -2.17. The number of aromatic nitrogens is 3. The van der Waals surface area contributed by atoms with Gasteiger partial charge in [0.15, 0.2) is 5.88 Å². The molecular weight excluding hydrogens is 552 g/mol. The molecule has 2 aromatic heterocycles. The molecule has 3 aromatic carbocycles. The van der Waals surface area contributed by atoms with E-state index in [1.807, 2.05) is 81.4 Å². The number of nitrogens with one attached hydrogen (secondary N) is 3. The Balaban J connectivity index is 1.24. The van der Waals surface area contributed by atoms with Crippen molar-refractivity contribution in [2.45, 2.75) is 32.6 Å². The van der Waals surface area contributed by atoms with Crippen LogP contribution in [-0.4, -0.2) is 47.1 Å². The highest BCUT2D eigenvalue weighted by Gasteiger charge is 2.27. The van der Waals surface area contributed by atoms with Crippen LogP contribution in [-0.2, 0) is 21.9 Å². The molecule has 0 saturated heterocycles. The minimum Gasteiger partial charge on any atom is -0.494 e. The molecule has 0 atom stereocenters. The van der Waals surface area contributed by atoms with Crippen LogP contribution in [0.25, 0.3) is 27.6 Å². The lowest BCUT2D eigenvalue weighted by molar-refractivity contribution is 0.262. The van der Waals surface area contributed by atoms with Crippen molar-refractivity contribution in [3.05, 3.63) is 84.2 Å². The molecule has 216 valence electrons. The molecule has 1 aliphatic rings. The van der Waals surface area contributed by atoms with Gasteiger partial charge in [-0.15, -0.1) is 0 Å². The van der Waals surface area contributed by atoms with Crippen molar-refractivity contribution in [2.24, 2.45) is 0 Å². The van der Waals surface area contributed by atoms with Crippen molar-refractivity contribution in [3.63, 3.8) is 0 Å². The average molecular weight is 585 g/mol. The minimum atomic E-state index is -3.36. The van der Waals surface area contributed by atoms with Gasteiger partial charge in [0, 0.05) is 40.7 Å². The molecule has 2 amide bonds. The number of hydrogen-bond acceptors (Lipinski definition) is 5. The summed E-state index contributed by atoms with van der Waals surface area (Å²) >= 11 is 0. The Hall–Kier alpha value is -4.77. The molecule has 0 radical (unpaired) electrons. The van der Waals surface area contributed by atoms with Gasteiger partial charge >= 0.3 is 6.03 Å². The van der Waals surface area contributed by atoms with Crippen LogP contribution in [0.5, 0.6) is 5.88 Å². The number of fused-ring (bicyclic) bond motifs is 2. The monoisotopic (exact) mass is 584 g/mol. The highest BCUT2D eigenvalue weighted by atomic mass is 32.2. The SMILES string of the molecule is CC(C)(C)c1cc(NC(=O)Nc2ccc(-c3cccc4c(O)[nH]cc34)cc2)n(-c2ccc3c(c2)CCN3S(C)(=O)=O)n1. The third-order valence-corrected chi connectivity index (χ3v) is 8.63. The first-order valence-electron chi connectivity index (χ1n) is 13.6. The highest BCUT2D eigenvalue weighted by molar-refractivity contribution is 7.92. The number of amides is 2. The second-order valence-electron chi connectivity index (χ2n) is 11.5. The van der Waals surface area contributed by atoms with Crippen molar-refractivity contribution >= 4 is 44.0 Å². The molecule has 3 heterocycles. The molecule has 0 aliphatic carbocycles. The third-order valence-electron chi connectivity index (χ3n) is 7.45. The molecule has 6 rings (SSSR count). The van der Waals surface area contributed by atoms with Gasteiger partial charge in [0.2, 0.25) is 10.0 Å². The van der Waals surface area contributed by atoms with E-state index in [1.165, 1.54) is 10.6 Å². The smallest absolute Gasteiger partial charge is 0.324 e. The van der Waals surface area contributed by atoms with Crippen molar-refractivity contribution in [3.8, 4) is 22.7 Å². The Morgan fingerprint density at radius 3 is 2.48 bits per heavy atom. The van der Waals surface area contributed by atoms with E-state index in [1.54, 1.807) is 16.9 Å². The number of hydrogen-bond donors (Lipinski definition) is 4. The van der Waals surface area contributed by atoms with E-state index in [0.29, 0.717) is 30.2 Å². The van der Waals surface area contributed by atoms with Gasteiger partial charge < -0.3 is 15.4 Å². The van der Waals surface area contributed by atoms with Crippen molar-refractivity contribution in [1.29, 1.82) is 0 Å². The van der Waals surface area contributed by atoms with Crippen LogP contribution in [0.4, 0.5) is 22.0 Å². The van der Waals surface area contributed by atoms with Crippen LogP contribution in [0.1, 0.15) is 32.0 Å². The first-order valence-corrected chi connectivity index (χ1v) is 15.4. The Labute approximate surface area is 244 Å². The topological polar surface area (TPSA) is 132 Å². The normalized spacial score (nSPS) is 13.4. The second kappa shape index (κ2) is 9.95. The van der Waals surface area contributed by atoms with Gasteiger partial charge in [-0.05, 0) is 59.5 Å². The molecular formula is C31H32N6O4S. The van der Waals surface area contributed by atoms with E-state index in [0.717, 1.165) is 38.8 Å². The maximum Gasteiger partial charge on any atom is 0.324 e. The number of aromatic hydroxyl groups is 1. The highest BCUT2D eigenvalue weighted by Crippen LogP contribution is 2.35. The summed E-state index contributed by atoms with van der Waals surface area (Å²) < 4.78 is 27.4. The van der Waals surface area contributed by atoms with E-state index in [-0.39, 0.29) is 11.3 Å². The van der Waals surface area contributed by atoms with E-state index in [2.05, 4.69) is 15.6 Å². The number of carbonyl (C=O) groups is 1. The van der Waals surface area contributed by atoms with Gasteiger partial charge in [-0.1, -0.05) is 45.0 Å². The van der Waals surface area contributed by atoms with Crippen molar-refractivity contribution in [1.82, 2.24) is 14.8 Å². The summed E-state index contributed by atoms with van der Waals surface area (Å²) in [6.07, 6.45) is 3.58. The zero-order valence-corrected chi connectivity index (χ0v) is 24.6. The molecule has 11 heteroatoms. The predicted octanol–water partition coefficient (Wildman–Crippen LogP) is 5.99. The minimum absolute atomic E-state index is 0.131. The second-order valence-corrected chi connectivity index (χ2v) is 13.4. The lowest BCUT2D eigenvalue weighted by atomic mass is 9.92. The Morgan fingerprint density at radius 2 is 1.76 bits per heavy atom. The molecule has 42 heavy (non-hydrogen) atoms. The van der Waals surface area contributed by atoms with E-state index in [9.17, 15) is 18.3 Å². The van der Waals surface area contributed by atoms with Crippen LogP contribution in [0, 0.1) is 0 Å². The average Bonchev–Trinajstić information content (AvgIpc) is 3.65. The van der Waals surface area contributed by atoms with Gasteiger partial charge in [-0.25, -0.2) is 17.9 Å². The molecule has 0 spiro atoms. The zero-order valence-electron chi connectivity index (χ0n) is 23.8. The molecule has 0 fully saturated rings. The summed E-state index contributed by atoms with van der Waals surface area (Å²) in [6.45, 7) is 6.55. The predicted molar refractivity (Wildman–Crippen MR) is 166 cm³/mol. The number of aromatic amines is 1. The fraction of sp³-hybridized carbons (Fsp3) is 0.226. The summed E-state index contributed by atoms with van der Waals surface area (Å²) in [4.78, 5) is 16.0. The Bertz CT molecular complexity index is 1930. The summed E-state index contributed by atoms with van der Waals surface area (Å²) in [7, 11) is -3.36. The molecule has 0 unspecified atom stereocenters. The summed E-state index contributed by atoms with van der Waals surface area (Å²) in [5.41, 5.74) is 5.36. The number of sulfonamides is 1. The van der Waals surface area contributed by atoms with Crippen LogP contribution >= 0.6 is 0 Å². The summed E-state index contributed by atoms with van der Waals surface area (Å²) in [5.74, 6) is 0.623. The molecule has 5 aromatic rings. The quantitative estimate of drug-likeness (QED) is 0.201. The number of benzene rings is 3. The Kier molecular flexibility index (Phi) is 6.49. The third kappa shape index (κ3) is 5.07. The Morgan fingerprint density at radius 1 is 1.00 bits per heavy atom. The maximum absolute atomic E-state index is 13.1. The van der Waals surface area contributed by atoms with Gasteiger partial charge in [0.05, 0.1) is 23.3 Å². The number of H-pyrrole nitrogens is 1. The number of urea groups is 1. The molecule has 0 saturated carbocycles. The number of anilines is 3. The fourth-order valence-electron chi connectivity index (χ4n) is 5.28. The van der Waals surface area contributed by atoms with E-state index >= 15 is 0 Å². The number of carbonyl (C=O) groups excluding carboxylic acids is 1. The van der Waals surface area contributed by atoms with Crippen LogP contribution in [0.15, 0.2) is 72.9 Å². The van der Waals surface area contributed by atoms with Crippen LogP contribution < -0.4 is 14.9 Å². The zero-order chi connectivity index (χ0) is 29.8. The molecule has 1 aliphatic heterocycles. The van der Waals surface area contributed by atoms with E-state index < -0.39 is 16.1 Å². The van der Waals surface area contributed by atoms with Crippen LogP contribution in [0.3, 0.4) is 0 Å². The van der Waals surface area contributed by atoms with Crippen LogP contribution in [0.2, 0.25) is 0 Å². The van der Waals surface area contributed by atoms with Gasteiger partial charge in [-0.3, -0.25) is 9.62 Å². The van der Waals surface area contributed by atoms with Crippen molar-refractivity contribution < 1.29 is 18.3 Å². The summed E-state index contributed by atoms with van der Waals surface area (Å²) in [6, 6.07) is 20.2. The standard InChI is InChI=1S/C31H32N6O4S/c1-31(2,3)27-17-28(37(35-27)22-12-13-26-20(16-22)14-15-36(26)42(4,40)41)34-30(39)33-21-10-8-19(9-11-21)23-6-5-7-24-25(23)18-32-29(24)38/h5-13,16-18,32,38H,14-15H2,1-4H3,(H2,33,34,39).